The number of benzene rings is 2. The van der Waals surface area contributed by atoms with Crippen LogP contribution in [0.25, 0.3) is 0 Å². The number of amides is 3. The van der Waals surface area contributed by atoms with E-state index in [-0.39, 0.29) is 23.5 Å². The molecule has 0 spiro atoms. The van der Waals surface area contributed by atoms with Gasteiger partial charge in [0.15, 0.2) is 4.34 Å². The summed E-state index contributed by atoms with van der Waals surface area (Å²) in [5.74, 6) is -0.564. The Morgan fingerprint density at radius 1 is 0.933 bits per heavy atom. The highest BCUT2D eigenvalue weighted by atomic mass is 35.5. The van der Waals surface area contributed by atoms with E-state index in [4.69, 9.17) is 11.6 Å². The Balaban J connectivity index is 1.47. The van der Waals surface area contributed by atoms with Crippen molar-refractivity contribution in [3.8, 4) is 0 Å². The summed E-state index contributed by atoms with van der Waals surface area (Å²) in [5.41, 5.74) is 1.72. The summed E-state index contributed by atoms with van der Waals surface area (Å²) >= 11 is 8.20. The van der Waals surface area contributed by atoms with E-state index in [1.165, 1.54) is 30.0 Å². The van der Waals surface area contributed by atoms with Crippen molar-refractivity contribution in [2.75, 3.05) is 21.7 Å². The molecule has 30 heavy (non-hydrogen) atoms. The van der Waals surface area contributed by atoms with Gasteiger partial charge in [0, 0.05) is 28.9 Å². The summed E-state index contributed by atoms with van der Waals surface area (Å²) in [6.07, 6.45) is 0. The van der Waals surface area contributed by atoms with Crippen LogP contribution in [0, 0.1) is 0 Å². The van der Waals surface area contributed by atoms with Gasteiger partial charge < -0.3 is 10.6 Å². The van der Waals surface area contributed by atoms with Crippen LogP contribution in [0.2, 0.25) is 5.02 Å². The van der Waals surface area contributed by atoms with Crippen LogP contribution in [-0.2, 0) is 9.59 Å². The molecular weight excluding hydrogens is 446 g/mol. The number of halogens is 1. The lowest BCUT2D eigenvalue weighted by molar-refractivity contribution is -0.114. The van der Waals surface area contributed by atoms with Crippen molar-refractivity contribution in [2.45, 2.75) is 11.3 Å². The predicted molar refractivity (Wildman–Crippen MR) is 119 cm³/mol. The zero-order valence-corrected chi connectivity index (χ0v) is 18.0. The van der Waals surface area contributed by atoms with E-state index in [1.54, 1.807) is 48.5 Å². The minimum atomic E-state index is -0.320. The Morgan fingerprint density at radius 3 is 2.20 bits per heavy atom. The van der Waals surface area contributed by atoms with Gasteiger partial charge in [-0.3, -0.25) is 19.7 Å². The van der Waals surface area contributed by atoms with Gasteiger partial charge in [-0.15, -0.1) is 10.2 Å². The van der Waals surface area contributed by atoms with Crippen LogP contribution < -0.4 is 16.0 Å². The van der Waals surface area contributed by atoms with Crippen molar-refractivity contribution in [1.29, 1.82) is 0 Å². The SMILES string of the molecule is CC(=O)Nc1ccc(NC(=O)CSc2nnc(NC(=O)c3ccc(Cl)cc3)s2)cc1. The molecule has 1 aromatic heterocycles. The Labute approximate surface area is 185 Å². The highest BCUT2D eigenvalue weighted by Crippen LogP contribution is 2.26. The molecule has 0 aliphatic heterocycles. The molecule has 2 aromatic carbocycles. The molecule has 0 bridgehead atoms. The lowest BCUT2D eigenvalue weighted by atomic mass is 10.2. The summed E-state index contributed by atoms with van der Waals surface area (Å²) < 4.78 is 0.553. The number of carbonyl (C=O) groups excluding carboxylic acids is 3. The first-order chi connectivity index (χ1) is 14.4. The maximum Gasteiger partial charge on any atom is 0.257 e. The highest BCUT2D eigenvalue weighted by molar-refractivity contribution is 8.01. The third-order valence-electron chi connectivity index (χ3n) is 3.55. The number of carbonyl (C=O) groups is 3. The van der Waals surface area contributed by atoms with E-state index >= 15 is 0 Å². The molecule has 154 valence electrons. The highest BCUT2D eigenvalue weighted by Gasteiger charge is 2.12. The minimum absolute atomic E-state index is 0.132. The molecular formula is C19H16ClN5O3S2. The van der Waals surface area contributed by atoms with E-state index < -0.39 is 0 Å². The molecule has 3 N–H and O–H groups in total. The first-order valence-corrected chi connectivity index (χ1v) is 10.8. The van der Waals surface area contributed by atoms with Gasteiger partial charge in [0.1, 0.15) is 0 Å². The number of nitrogens with zero attached hydrogens (tertiary/aromatic N) is 2. The Hall–Kier alpha value is -2.95. The largest absolute Gasteiger partial charge is 0.326 e. The number of thioether (sulfide) groups is 1. The molecule has 0 saturated heterocycles. The van der Waals surface area contributed by atoms with Gasteiger partial charge in [0.2, 0.25) is 16.9 Å². The fraction of sp³-hybridized carbons (Fsp3) is 0.105. The molecule has 0 unspecified atom stereocenters. The molecule has 11 heteroatoms. The number of anilines is 3. The van der Waals surface area contributed by atoms with Gasteiger partial charge in [-0.05, 0) is 48.5 Å². The lowest BCUT2D eigenvalue weighted by Gasteiger charge is -2.06. The van der Waals surface area contributed by atoms with Gasteiger partial charge >= 0.3 is 0 Å². The van der Waals surface area contributed by atoms with E-state index in [0.717, 1.165) is 0 Å². The normalized spacial score (nSPS) is 10.3. The number of hydrogen-bond donors (Lipinski definition) is 3. The molecule has 8 nitrogen and oxygen atoms in total. The number of aromatic nitrogens is 2. The topological polar surface area (TPSA) is 113 Å². The average Bonchev–Trinajstić information content (AvgIpc) is 3.15. The standard InChI is InChI=1S/C19H16ClN5O3S2/c1-11(26)21-14-6-8-15(9-7-14)22-16(27)10-29-19-25-24-18(30-19)23-17(28)12-2-4-13(20)5-3-12/h2-9H,10H2,1H3,(H,21,26)(H,22,27)(H,23,24,28). The molecule has 0 saturated carbocycles. The second-order valence-corrected chi connectivity index (χ2v) is 8.57. The van der Waals surface area contributed by atoms with Gasteiger partial charge in [-0.2, -0.15) is 0 Å². The van der Waals surface area contributed by atoms with Crippen molar-refractivity contribution >= 4 is 68.9 Å². The fourth-order valence-corrected chi connectivity index (χ4v) is 3.93. The molecule has 3 rings (SSSR count). The number of nitrogens with one attached hydrogen (secondary N) is 3. The third-order valence-corrected chi connectivity index (χ3v) is 5.77. The summed E-state index contributed by atoms with van der Waals surface area (Å²) in [7, 11) is 0. The van der Waals surface area contributed by atoms with Crippen molar-refractivity contribution in [3.05, 3.63) is 59.1 Å². The second kappa shape index (κ2) is 10.2. The zero-order valence-electron chi connectivity index (χ0n) is 15.6. The van der Waals surface area contributed by atoms with Crippen LogP contribution in [0.5, 0.6) is 0 Å². The van der Waals surface area contributed by atoms with Gasteiger partial charge in [0.25, 0.3) is 5.91 Å². The first kappa shape index (κ1) is 21.8. The van der Waals surface area contributed by atoms with E-state index in [2.05, 4.69) is 26.1 Å². The van der Waals surface area contributed by atoms with Crippen LogP contribution in [0.4, 0.5) is 16.5 Å². The second-order valence-electron chi connectivity index (χ2n) is 5.93. The van der Waals surface area contributed by atoms with Gasteiger partial charge in [-0.1, -0.05) is 34.7 Å². The summed E-state index contributed by atoms with van der Waals surface area (Å²) in [6.45, 7) is 1.43. The van der Waals surface area contributed by atoms with E-state index in [9.17, 15) is 14.4 Å². The Bertz CT molecular complexity index is 1050. The molecule has 1 heterocycles. The molecule has 3 aromatic rings. The molecule has 3 amide bonds. The van der Waals surface area contributed by atoms with Gasteiger partial charge in [-0.25, -0.2) is 0 Å². The van der Waals surface area contributed by atoms with Crippen LogP contribution in [-0.4, -0.2) is 33.7 Å². The monoisotopic (exact) mass is 461 g/mol. The van der Waals surface area contributed by atoms with Crippen LogP contribution in [0.1, 0.15) is 17.3 Å². The Kier molecular flexibility index (Phi) is 7.39. The maximum absolute atomic E-state index is 12.2. The van der Waals surface area contributed by atoms with Crippen LogP contribution in [0.3, 0.4) is 0 Å². The molecule has 0 aliphatic rings. The van der Waals surface area contributed by atoms with E-state index in [1.807, 2.05) is 0 Å². The minimum Gasteiger partial charge on any atom is -0.326 e. The fourth-order valence-electron chi connectivity index (χ4n) is 2.25. The third kappa shape index (κ3) is 6.55. The Morgan fingerprint density at radius 2 is 1.57 bits per heavy atom. The molecule has 0 fully saturated rings. The summed E-state index contributed by atoms with van der Waals surface area (Å²) in [5, 5.41) is 16.9. The van der Waals surface area contributed by atoms with E-state index in [0.29, 0.717) is 31.4 Å². The maximum atomic E-state index is 12.2. The van der Waals surface area contributed by atoms with Crippen LogP contribution >= 0.6 is 34.7 Å². The van der Waals surface area contributed by atoms with Crippen LogP contribution in [0.15, 0.2) is 52.9 Å². The van der Waals surface area contributed by atoms with Crippen molar-refractivity contribution in [3.63, 3.8) is 0 Å². The number of rotatable bonds is 7. The first-order valence-electron chi connectivity index (χ1n) is 8.60. The lowest BCUT2D eigenvalue weighted by Crippen LogP contribution is -2.14. The van der Waals surface area contributed by atoms with Gasteiger partial charge in [0.05, 0.1) is 5.75 Å². The van der Waals surface area contributed by atoms with Crippen molar-refractivity contribution in [1.82, 2.24) is 10.2 Å². The smallest absolute Gasteiger partial charge is 0.257 e. The number of hydrogen-bond acceptors (Lipinski definition) is 7. The van der Waals surface area contributed by atoms with Crippen molar-refractivity contribution < 1.29 is 14.4 Å². The quantitative estimate of drug-likeness (QED) is 0.360. The molecule has 0 aliphatic carbocycles. The molecule has 0 atom stereocenters. The summed E-state index contributed by atoms with van der Waals surface area (Å²) in [4.78, 5) is 35.3. The predicted octanol–water partition coefficient (Wildman–Crippen LogP) is 4.13. The zero-order chi connectivity index (χ0) is 21.5. The van der Waals surface area contributed by atoms with Crippen molar-refractivity contribution in [2.24, 2.45) is 0 Å². The molecule has 0 radical (unpaired) electrons. The average molecular weight is 462 g/mol. The summed E-state index contributed by atoms with van der Waals surface area (Å²) in [6, 6.07) is 13.3.